The van der Waals surface area contributed by atoms with Crippen LogP contribution in [0, 0.1) is 17.8 Å². The van der Waals surface area contributed by atoms with Crippen molar-refractivity contribution in [2.24, 2.45) is 17.8 Å². The molecule has 0 saturated heterocycles. The first kappa shape index (κ1) is 13.1. The Labute approximate surface area is 103 Å². The fourth-order valence-electron chi connectivity index (χ4n) is 3.36. The molecule has 0 radical (unpaired) electrons. The molecule has 5 heteroatoms. The van der Waals surface area contributed by atoms with Crippen molar-refractivity contribution in [2.45, 2.75) is 31.7 Å². The molecule has 17 heavy (non-hydrogen) atoms. The second-order valence-corrected chi connectivity index (χ2v) is 7.09. The number of sulfonamides is 1. The summed E-state index contributed by atoms with van der Waals surface area (Å²) in [5, 5.41) is 9.38. The van der Waals surface area contributed by atoms with Crippen molar-refractivity contribution < 1.29 is 13.5 Å². The monoisotopic (exact) mass is 259 g/mol. The van der Waals surface area contributed by atoms with Crippen LogP contribution in [0.25, 0.3) is 0 Å². The average molecular weight is 259 g/mol. The third kappa shape index (κ3) is 2.72. The predicted octanol–water partition coefficient (Wildman–Crippen LogP) is 0.889. The van der Waals surface area contributed by atoms with E-state index >= 15 is 0 Å². The summed E-state index contributed by atoms with van der Waals surface area (Å²) in [4.78, 5) is 0. The summed E-state index contributed by atoms with van der Waals surface area (Å²) in [6.45, 7) is 3.63. The van der Waals surface area contributed by atoms with Crippen molar-refractivity contribution in [1.82, 2.24) is 4.72 Å². The van der Waals surface area contributed by atoms with Gasteiger partial charge in [-0.25, -0.2) is 13.1 Å². The zero-order valence-electron chi connectivity index (χ0n) is 10.0. The largest absolute Gasteiger partial charge is 0.396 e. The Balaban J connectivity index is 2.00. The highest BCUT2D eigenvalue weighted by atomic mass is 32.2. The second-order valence-electron chi connectivity index (χ2n) is 5.22. The van der Waals surface area contributed by atoms with Gasteiger partial charge in [-0.3, -0.25) is 0 Å². The van der Waals surface area contributed by atoms with Gasteiger partial charge in [-0.2, -0.15) is 0 Å². The van der Waals surface area contributed by atoms with Gasteiger partial charge < -0.3 is 5.11 Å². The fraction of sp³-hybridized carbons (Fsp3) is 0.833. The van der Waals surface area contributed by atoms with E-state index in [1.165, 1.54) is 0 Å². The third-order valence-electron chi connectivity index (χ3n) is 4.21. The molecule has 0 heterocycles. The molecule has 0 aromatic carbocycles. The number of nitrogens with one attached hydrogen (secondary N) is 1. The minimum absolute atomic E-state index is 0.0476. The highest BCUT2D eigenvalue weighted by molar-refractivity contribution is 7.89. The maximum atomic E-state index is 11.8. The predicted molar refractivity (Wildman–Crippen MR) is 66.9 cm³/mol. The lowest BCUT2D eigenvalue weighted by atomic mass is 9.86. The lowest BCUT2D eigenvalue weighted by Gasteiger charge is -2.30. The molecule has 2 bridgehead atoms. The molecule has 0 aromatic rings. The SMILES string of the molecule is C=CCCS(=O)(=O)NC1C2CCC(C2)C1CO. The topological polar surface area (TPSA) is 66.4 Å². The quantitative estimate of drug-likeness (QED) is 0.696. The van der Waals surface area contributed by atoms with Crippen molar-refractivity contribution >= 4 is 10.0 Å². The summed E-state index contributed by atoms with van der Waals surface area (Å²) in [6, 6.07) is -0.0476. The second kappa shape index (κ2) is 5.08. The van der Waals surface area contributed by atoms with Gasteiger partial charge in [-0.05, 0) is 37.5 Å². The van der Waals surface area contributed by atoms with E-state index in [4.69, 9.17) is 0 Å². The maximum absolute atomic E-state index is 11.8. The van der Waals surface area contributed by atoms with E-state index in [2.05, 4.69) is 11.3 Å². The van der Waals surface area contributed by atoms with Crippen LogP contribution in [-0.4, -0.2) is 31.9 Å². The van der Waals surface area contributed by atoms with E-state index in [1.807, 2.05) is 0 Å². The van der Waals surface area contributed by atoms with Gasteiger partial charge in [0.05, 0.1) is 5.75 Å². The molecule has 0 amide bonds. The lowest BCUT2D eigenvalue weighted by molar-refractivity contribution is 0.153. The average Bonchev–Trinajstić information content (AvgIpc) is 2.86. The molecule has 2 aliphatic rings. The van der Waals surface area contributed by atoms with Crippen molar-refractivity contribution in [3.05, 3.63) is 12.7 Å². The zero-order chi connectivity index (χ0) is 12.5. The van der Waals surface area contributed by atoms with Crippen LogP contribution in [-0.2, 0) is 10.0 Å². The standard InChI is InChI=1S/C12H21NO3S/c1-2-3-6-17(15,16)13-12-10-5-4-9(7-10)11(12)8-14/h2,9-14H,1,3-8H2. The van der Waals surface area contributed by atoms with Gasteiger partial charge in [-0.1, -0.05) is 6.08 Å². The molecular weight excluding hydrogens is 238 g/mol. The van der Waals surface area contributed by atoms with E-state index in [0.29, 0.717) is 18.3 Å². The summed E-state index contributed by atoms with van der Waals surface area (Å²) in [6.07, 6.45) is 5.39. The first-order chi connectivity index (χ1) is 8.07. The number of rotatable bonds is 6. The van der Waals surface area contributed by atoms with Gasteiger partial charge in [0.1, 0.15) is 0 Å². The number of aliphatic hydroxyl groups is 1. The normalized spacial score (nSPS) is 36.3. The van der Waals surface area contributed by atoms with Crippen LogP contribution < -0.4 is 4.72 Å². The van der Waals surface area contributed by atoms with Crippen molar-refractivity contribution in [1.29, 1.82) is 0 Å². The van der Waals surface area contributed by atoms with Gasteiger partial charge in [0, 0.05) is 18.6 Å². The van der Waals surface area contributed by atoms with Gasteiger partial charge >= 0.3 is 0 Å². The molecule has 2 aliphatic carbocycles. The molecule has 2 saturated carbocycles. The minimum Gasteiger partial charge on any atom is -0.396 e. The minimum atomic E-state index is -3.22. The maximum Gasteiger partial charge on any atom is 0.212 e. The van der Waals surface area contributed by atoms with E-state index in [9.17, 15) is 13.5 Å². The Kier molecular flexibility index (Phi) is 3.90. The molecule has 0 spiro atoms. The van der Waals surface area contributed by atoms with E-state index in [0.717, 1.165) is 19.3 Å². The summed E-state index contributed by atoms with van der Waals surface area (Å²) < 4.78 is 26.5. The van der Waals surface area contributed by atoms with Crippen molar-refractivity contribution in [3.8, 4) is 0 Å². The Morgan fingerprint density at radius 1 is 1.35 bits per heavy atom. The van der Waals surface area contributed by atoms with Gasteiger partial charge in [0.15, 0.2) is 0 Å². The number of aliphatic hydroxyl groups excluding tert-OH is 1. The molecule has 4 unspecified atom stereocenters. The molecule has 2 rings (SSSR count). The lowest BCUT2D eigenvalue weighted by Crippen LogP contribution is -2.45. The van der Waals surface area contributed by atoms with Crippen LogP contribution in [0.4, 0.5) is 0 Å². The summed E-state index contributed by atoms with van der Waals surface area (Å²) in [7, 11) is -3.22. The highest BCUT2D eigenvalue weighted by Gasteiger charge is 2.48. The van der Waals surface area contributed by atoms with Gasteiger partial charge in [-0.15, -0.1) is 6.58 Å². The smallest absolute Gasteiger partial charge is 0.212 e. The van der Waals surface area contributed by atoms with Crippen LogP contribution in [0.15, 0.2) is 12.7 Å². The van der Waals surface area contributed by atoms with Crippen LogP contribution in [0.3, 0.4) is 0 Å². The summed E-state index contributed by atoms with van der Waals surface area (Å²) in [5.74, 6) is 1.16. The Morgan fingerprint density at radius 2 is 2.06 bits per heavy atom. The molecule has 4 nitrogen and oxygen atoms in total. The summed E-state index contributed by atoms with van der Waals surface area (Å²) >= 11 is 0. The number of hydrogen-bond donors (Lipinski definition) is 2. The van der Waals surface area contributed by atoms with Gasteiger partial charge in [0.25, 0.3) is 0 Å². The third-order valence-corrected chi connectivity index (χ3v) is 5.61. The zero-order valence-corrected chi connectivity index (χ0v) is 10.8. The van der Waals surface area contributed by atoms with E-state index in [1.54, 1.807) is 6.08 Å². The van der Waals surface area contributed by atoms with E-state index in [-0.39, 0.29) is 24.3 Å². The number of fused-ring (bicyclic) bond motifs is 2. The fourth-order valence-corrected chi connectivity index (χ4v) is 4.74. The summed E-state index contributed by atoms with van der Waals surface area (Å²) in [5.41, 5.74) is 0. The first-order valence-corrected chi connectivity index (χ1v) is 7.94. The number of hydrogen-bond acceptors (Lipinski definition) is 3. The van der Waals surface area contributed by atoms with Crippen molar-refractivity contribution in [3.63, 3.8) is 0 Å². The van der Waals surface area contributed by atoms with Crippen molar-refractivity contribution in [2.75, 3.05) is 12.4 Å². The molecular formula is C12H21NO3S. The Morgan fingerprint density at radius 3 is 2.71 bits per heavy atom. The van der Waals surface area contributed by atoms with Crippen LogP contribution >= 0.6 is 0 Å². The molecule has 0 aromatic heterocycles. The Bertz CT molecular complexity index is 379. The molecule has 4 atom stereocenters. The van der Waals surface area contributed by atoms with Gasteiger partial charge in [0.2, 0.25) is 10.0 Å². The Hall–Kier alpha value is -0.390. The molecule has 2 fully saturated rings. The molecule has 98 valence electrons. The molecule has 2 N–H and O–H groups in total. The molecule has 0 aliphatic heterocycles. The van der Waals surface area contributed by atoms with E-state index < -0.39 is 10.0 Å². The van der Waals surface area contributed by atoms with Crippen LogP contribution in [0.1, 0.15) is 25.7 Å². The number of allylic oxidation sites excluding steroid dienone is 1. The first-order valence-electron chi connectivity index (χ1n) is 6.29. The highest BCUT2D eigenvalue weighted by Crippen LogP contribution is 2.48. The van der Waals surface area contributed by atoms with Crippen LogP contribution in [0.5, 0.6) is 0 Å². The van der Waals surface area contributed by atoms with Crippen LogP contribution in [0.2, 0.25) is 0 Å².